The monoisotopic (exact) mass is 364 g/mol. The average molecular weight is 364 g/mol. The third kappa shape index (κ3) is 4.58. The molecule has 0 saturated carbocycles. The fourth-order valence-electron chi connectivity index (χ4n) is 2.38. The van der Waals surface area contributed by atoms with E-state index in [0.29, 0.717) is 5.75 Å². The third-order valence-electron chi connectivity index (χ3n) is 3.90. The molecule has 0 aliphatic rings. The van der Waals surface area contributed by atoms with Crippen LogP contribution < -0.4 is 10.2 Å². The van der Waals surface area contributed by atoms with Crippen molar-refractivity contribution in [1.82, 2.24) is 5.43 Å². The summed E-state index contributed by atoms with van der Waals surface area (Å²) in [7, 11) is 0. The zero-order chi connectivity index (χ0) is 18.4. The Morgan fingerprint density at radius 2 is 1.77 bits per heavy atom. The number of aryl methyl sites for hydroxylation is 1. The summed E-state index contributed by atoms with van der Waals surface area (Å²) in [6, 6.07) is 19.8. The van der Waals surface area contributed by atoms with E-state index in [1.165, 1.54) is 0 Å². The van der Waals surface area contributed by atoms with Crippen LogP contribution in [0.2, 0.25) is 0 Å². The number of carbonyl (C=O) groups excluding carboxylic acids is 1. The van der Waals surface area contributed by atoms with Crippen LogP contribution in [0.1, 0.15) is 17.4 Å². The predicted molar refractivity (Wildman–Crippen MR) is 107 cm³/mol. The summed E-state index contributed by atoms with van der Waals surface area (Å²) in [6.07, 6.45) is 1.01. The van der Waals surface area contributed by atoms with Crippen LogP contribution in [0.15, 0.2) is 71.1 Å². The minimum atomic E-state index is -0.640. The average Bonchev–Trinajstić information content (AvgIpc) is 3.08. The van der Waals surface area contributed by atoms with E-state index < -0.39 is 6.10 Å². The molecule has 1 amide bonds. The van der Waals surface area contributed by atoms with Gasteiger partial charge < -0.3 is 4.74 Å². The van der Waals surface area contributed by atoms with Crippen molar-refractivity contribution in [3.63, 3.8) is 0 Å². The summed E-state index contributed by atoms with van der Waals surface area (Å²) in [4.78, 5) is 13.1. The molecule has 2 aromatic carbocycles. The zero-order valence-corrected chi connectivity index (χ0v) is 15.5. The standard InChI is InChI=1S/C21H20N2O2S/c1-15-12-13-26-20(15)14-22-23-21(24)16(2)25-19-10-8-18(9-11-19)17-6-4-3-5-7-17/h3-14,16H,1-2H3,(H,23,24)/b22-14+. The summed E-state index contributed by atoms with van der Waals surface area (Å²) >= 11 is 1.58. The van der Waals surface area contributed by atoms with Gasteiger partial charge in [0.1, 0.15) is 5.75 Å². The minimum absolute atomic E-state index is 0.289. The van der Waals surface area contributed by atoms with Crippen molar-refractivity contribution in [2.24, 2.45) is 5.10 Å². The van der Waals surface area contributed by atoms with Crippen LogP contribution in [0.25, 0.3) is 11.1 Å². The van der Waals surface area contributed by atoms with Crippen molar-refractivity contribution in [3.05, 3.63) is 76.5 Å². The van der Waals surface area contributed by atoms with E-state index in [9.17, 15) is 4.79 Å². The second-order valence-electron chi connectivity index (χ2n) is 5.85. The number of hydrazone groups is 1. The predicted octanol–water partition coefficient (Wildman–Crippen LogP) is 4.64. The number of hydrogen-bond acceptors (Lipinski definition) is 4. The van der Waals surface area contributed by atoms with Crippen LogP contribution in [0.5, 0.6) is 5.75 Å². The second kappa shape index (κ2) is 8.45. The molecule has 4 nitrogen and oxygen atoms in total. The lowest BCUT2D eigenvalue weighted by molar-refractivity contribution is -0.127. The van der Waals surface area contributed by atoms with Crippen LogP contribution in [0, 0.1) is 6.92 Å². The van der Waals surface area contributed by atoms with Gasteiger partial charge in [-0.3, -0.25) is 4.79 Å². The highest BCUT2D eigenvalue weighted by Crippen LogP contribution is 2.22. The van der Waals surface area contributed by atoms with Crippen molar-refractivity contribution >= 4 is 23.5 Å². The van der Waals surface area contributed by atoms with Gasteiger partial charge in [-0.25, -0.2) is 5.43 Å². The Morgan fingerprint density at radius 3 is 2.42 bits per heavy atom. The van der Waals surface area contributed by atoms with Crippen molar-refractivity contribution in [3.8, 4) is 16.9 Å². The number of rotatable bonds is 6. The summed E-state index contributed by atoms with van der Waals surface area (Å²) in [5.41, 5.74) is 5.90. The van der Waals surface area contributed by atoms with Gasteiger partial charge in [0, 0.05) is 4.88 Å². The molecule has 0 aliphatic heterocycles. The minimum Gasteiger partial charge on any atom is -0.481 e. The van der Waals surface area contributed by atoms with E-state index in [-0.39, 0.29) is 5.91 Å². The lowest BCUT2D eigenvalue weighted by atomic mass is 10.1. The van der Waals surface area contributed by atoms with Gasteiger partial charge in [0.15, 0.2) is 6.10 Å². The molecule has 3 aromatic rings. The lowest BCUT2D eigenvalue weighted by Gasteiger charge is -2.13. The highest BCUT2D eigenvalue weighted by molar-refractivity contribution is 7.11. The number of nitrogens with one attached hydrogen (secondary N) is 1. The van der Waals surface area contributed by atoms with Crippen molar-refractivity contribution in [1.29, 1.82) is 0 Å². The van der Waals surface area contributed by atoms with Gasteiger partial charge in [-0.15, -0.1) is 11.3 Å². The van der Waals surface area contributed by atoms with Crippen LogP contribution in [-0.2, 0) is 4.79 Å². The van der Waals surface area contributed by atoms with Crippen LogP contribution >= 0.6 is 11.3 Å². The molecule has 26 heavy (non-hydrogen) atoms. The lowest BCUT2D eigenvalue weighted by Crippen LogP contribution is -2.33. The molecular weight excluding hydrogens is 344 g/mol. The molecule has 1 unspecified atom stereocenters. The molecule has 0 saturated heterocycles. The maximum atomic E-state index is 12.1. The molecule has 0 spiro atoms. The van der Waals surface area contributed by atoms with Gasteiger partial charge in [-0.1, -0.05) is 42.5 Å². The molecule has 3 rings (SSSR count). The number of amides is 1. The first-order valence-corrected chi connectivity index (χ1v) is 9.20. The van der Waals surface area contributed by atoms with E-state index in [2.05, 4.69) is 22.7 Å². The normalized spacial score (nSPS) is 12.1. The first kappa shape index (κ1) is 17.9. The number of carbonyl (C=O) groups is 1. The van der Waals surface area contributed by atoms with E-state index >= 15 is 0 Å². The Kier molecular flexibility index (Phi) is 5.81. The molecule has 132 valence electrons. The smallest absolute Gasteiger partial charge is 0.280 e. The first-order chi connectivity index (χ1) is 12.6. The van der Waals surface area contributed by atoms with Gasteiger partial charge in [0.25, 0.3) is 5.91 Å². The molecule has 0 aliphatic carbocycles. The molecule has 1 heterocycles. The van der Waals surface area contributed by atoms with Crippen LogP contribution in [0.3, 0.4) is 0 Å². The molecular formula is C21H20N2O2S. The van der Waals surface area contributed by atoms with Gasteiger partial charge in [-0.2, -0.15) is 5.10 Å². The van der Waals surface area contributed by atoms with Crippen LogP contribution in [0.4, 0.5) is 0 Å². The zero-order valence-electron chi connectivity index (χ0n) is 14.7. The van der Waals surface area contributed by atoms with E-state index in [1.54, 1.807) is 24.5 Å². The molecule has 0 radical (unpaired) electrons. The molecule has 1 atom stereocenters. The SMILES string of the molecule is Cc1ccsc1/C=N/NC(=O)C(C)Oc1ccc(-c2ccccc2)cc1. The topological polar surface area (TPSA) is 50.7 Å². The summed E-state index contributed by atoms with van der Waals surface area (Å²) in [5.74, 6) is 0.355. The quantitative estimate of drug-likeness (QED) is 0.512. The summed E-state index contributed by atoms with van der Waals surface area (Å²) in [5, 5.41) is 5.99. The van der Waals surface area contributed by atoms with Crippen molar-refractivity contribution in [2.45, 2.75) is 20.0 Å². The number of benzene rings is 2. The Bertz CT molecular complexity index is 886. The Hall–Kier alpha value is -2.92. The molecule has 0 fully saturated rings. The number of hydrogen-bond donors (Lipinski definition) is 1. The fraction of sp³-hybridized carbons (Fsp3) is 0.143. The molecule has 0 bridgehead atoms. The van der Waals surface area contributed by atoms with Crippen molar-refractivity contribution in [2.75, 3.05) is 0 Å². The number of ether oxygens (including phenoxy) is 1. The second-order valence-corrected chi connectivity index (χ2v) is 6.80. The Labute approximate surface area is 157 Å². The van der Waals surface area contributed by atoms with Gasteiger partial charge in [0.05, 0.1) is 6.21 Å². The summed E-state index contributed by atoms with van der Waals surface area (Å²) < 4.78 is 5.70. The van der Waals surface area contributed by atoms with Gasteiger partial charge in [-0.05, 0) is 54.1 Å². The Balaban J connectivity index is 1.55. The maximum Gasteiger partial charge on any atom is 0.280 e. The van der Waals surface area contributed by atoms with Gasteiger partial charge >= 0.3 is 0 Å². The maximum absolute atomic E-state index is 12.1. The fourth-order valence-corrected chi connectivity index (χ4v) is 3.16. The largest absolute Gasteiger partial charge is 0.481 e. The van der Waals surface area contributed by atoms with Crippen LogP contribution in [-0.4, -0.2) is 18.2 Å². The summed E-state index contributed by atoms with van der Waals surface area (Å²) in [6.45, 7) is 3.71. The molecule has 1 aromatic heterocycles. The first-order valence-electron chi connectivity index (χ1n) is 8.32. The highest BCUT2D eigenvalue weighted by Gasteiger charge is 2.14. The highest BCUT2D eigenvalue weighted by atomic mass is 32.1. The molecule has 5 heteroatoms. The Morgan fingerprint density at radius 1 is 1.08 bits per heavy atom. The van der Waals surface area contributed by atoms with Crippen molar-refractivity contribution < 1.29 is 9.53 Å². The number of thiophene rings is 1. The molecule has 1 N–H and O–H groups in total. The third-order valence-corrected chi connectivity index (χ3v) is 4.86. The van der Waals surface area contributed by atoms with E-state index in [4.69, 9.17) is 4.74 Å². The van der Waals surface area contributed by atoms with E-state index in [0.717, 1.165) is 21.6 Å². The van der Waals surface area contributed by atoms with Gasteiger partial charge in [0.2, 0.25) is 0 Å². The van der Waals surface area contributed by atoms with E-state index in [1.807, 2.05) is 60.8 Å². The number of nitrogens with zero attached hydrogens (tertiary/aromatic N) is 1.